The zero-order valence-electron chi connectivity index (χ0n) is 15.0. The van der Waals surface area contributed by atoms with Gasteiger partial charge in [0, 0.05) is 18.8 Å². The van der Waals surface area contributed by atoms with Crippen LogP contribution in [-0.4, -0.2) is 22.9 Å². The zero-order chi connectivity index (χ0) is 22.1. The van der Waals surface area contributed by atoms with Gasteiger partial charge in [-0.15, -0.1) is 0 Å². The van der Waals surface area contributed by atoms with Crippen molar-refractivity contribution in [3.05, 3.63) is 59.3 Å². The van der Waals surface area contributed by atoms with Crippen LogP contribution >= 0.6 is 11.3 Å². The highest BCUT2D eigenvalue weighted by Gasteiger charge is 2.31. The molecule has 30 heavy (non-hydrogen) atoms. The van der Waals surface area contributed by atoms with E-state index >= 15 is 0 Å². The van der Waals surface area contributed by atoms with Gasteiger partial charge in [0.25, 0.3) is 5.91 Å². The maximum absolute atomic E-state index is 12.7. The molecular weight excluding hydrogens is 434 g/mol. The molecule has 0 aliphatic rings. The quantitative estimate of drug-likeness (QED) is 0.517. The van der Waals surface area contributed by atoms with Crippen LogP contribution in [-0.2, 0) is 12.4 Å². The number of nitrogens with one attached hydrogen (secondary N) is 2. The molecule has 158 valence electrons. The van der Waals surface area contributed by atoms with Crippen molar-refractivity contribution in [3.8, 4) is 11.4 Å². The average molecular weight is 446 g/mol. The second-order valence-corrected chi connectivity index (χ2v) is 6.90. The van der Waals surface area contributed by atoms with Crippen LogP contribution in [0.1, 0.15) is 21.5 Å². The van der Waals surface area contributed by atoms with Gasteiger partial charge in [-0.05, 0) is 36.4 Å². The summed E-state index contributed by atoms with van der Waals surface area (Å²) in [4.78, 5) is 20.2. The molecule has 0 aliphatic carbocycles. The topological polar surface area (TPSA) is 66.9 Å². The minimum Gasteiger partial charge on any atom is -0.378 e. The number of hydrogen-bond donors (Lipinski definition) is 2. The summed E-state index contributed by atoms with van der Waals surface area (Å²) in [5, 5.41) is 5.80. The molecule has 0 unspecified atom stereocenters. The first-order valence-electron chi connectivity index (χ1n) is 8.20. The maximum atomic E-state index is 12.7. The van der Waals surface area contributed by atoms with Crippen molar-refractivity contribution < 1.29 is 31.1 Å². The Morgan fingerprint density at radius 2 is 1.53 bits per heavy atom. The Bertz CT molecular complexity index is 1040. The first-order valence-corrected chi connectivity index (χ1v) is 9.01. The molecule has 0 spiro atoms. The molecule has 1 amide bonds. The Hall–Kier alpha value is -3.15. The van der Waals surface area contributed by atoms with Crippen molar-refractivity contribution in [2.75, 3.05) is 17.7 Å². The number of benzene rings is 1. The number of anilines is 2. The second-order valence-electron chi connectivity index (χ2n) is 5.91. The predicted octanol–water partition coefficient (Wildman–Crippen LogP) is 5.54. The number of rotatable bonds is 4. The van der Waals surface area contributed by atoms with Gasteiger partial charge in [-0.2, -0.15) is 26.3 Å². The largest absolute Gasteiger partial charge is 0.417 e. The summed E-state index contributed by atoms with van der Waals surface area (Å²) in [6.07, 6.45) is -8.37. The summed E-state index contributed by atoms with van der Waals surface area (Å²) in [6, 6.07) is 5.65. The highest BCUT2D eigenvalue weighted by atomic mass is 32.1. The van der Waals surface area contributed by atoms with Gasteiger partial charge in [0.05, 0.1) is 16.8 Å². The van der Waals surface area contributed by atoms with E-state index in [4.69, 9.17) is 0 Å². The molecular formula is C18H12F6N4OS. The number of aromatic nitrogens is 2. The summed E-state index contributed by atoms with van der Waals surface area (Å²) in [5.74, 6) is -0.688. The predicted molar refractivity (Wildman–Crippen MR) is 99.3 cm³/mol. The number of thiazole rings is 1. The standard InChI is InChI=1S/C18H12F6N4OS/c1-25-15-13(12-7-6-11(8-26-12)18(22,23)24)27-16(30-15)28-14(29)9-2-4-10(5-3-9)17(19,20)21/h2-8,25H,1H3,(H,27,28,29). The van der Waals surface area contributed by atoms with E-state index in [0.717, 1.165) is 47.7 Å². The Balaban J connectivity index is 1.81. The summed E-state index contributed by atoms with van der Waals surface area (Å²) < 4.78 is 75.9. The first kappa shape index (κ1) is 21.6. The number of halogens is 6. The van der Waals surface area contributed by atoms with Crippen LogP contribution in [0.3, 0.4) is 0 Å². The van der Waals surface area contributed by atoms with Gasteiger partial charge in [-0.25, -0.2) is 4.98 Å². The lowest BCUT2D eigenvalue weighted by molar-refractivity contribution is -0.138. The number of amides is 1. The van der Waals surface area contributed by atoms with E-state index in [1.165, 1.54) is 0 Å². The van der Waals surface area contributed by atoms with Gasteiger partial charge in [-0.3, -0.25) is 15.1 Å². The average Bonchev–Trinajstić information content (AvgIpc) is 3.09. The van der Waals surface area contributed by atoms with E-state index in [9.17, 15) is 31.1 Å². The van der Waals surface area contributed by atoms with E-state index in [1.54, 1.807) is 7.05 Å². The second kappa shape index (κ2) is 7.94. The van der Waals surface area contributed by atoms with Gasteiger partial charge >= 0.3 is 12.4 Å². The third kappa shape index (κ3) is 4.70. The van der Waals surface area contributed by atoms with Crippen LogP contribution in [0.5, 0.6) is 0 Å². The van der Waals surface area contributed by atoms with Gasteiger partial charge in [0.15, 0.2) is 5.13 Å². The molecule has 2 aromatic heterocycles. The highest BCUT2D eigenvalue weighted by Crippen LogP contribution is 2.36. The molecule has 1 aromatic carbocycles. The summed E-state index contributed by atoms with van der Waals surface area (Å²) in [5.41, 5.74) is -1.44. The first-order chi connectivity index (χ1) is 14.0. The van der Waals surface area contributed by atoms with E-state index in [1.807, 2.05) is 0 Å². The number of nitrogens with zero attached hydrogens (tertiary/aromatic N) is 2. The minimum absolute atomic E-state index is 0.0154. The molecule has 0 radical (unpaired) electrons. The van der Waals surface area contributed by atoms with Gasteiger partial charge in [0.1, 0.15) is 10.7 Å². The molecule has 2 N–H and O–H groups in total. The molecule has 0 aliphatic heterocycles. The molecule has 0 saturated heterocycles. The normalized spacial score (nSPS) is 12.0. The number of carbonyl (C=O) groups excluding carboxylic acids is 1. The molecule has 3 aromatic rings. The highest BCUT2D eigenvalue weighted by molar-refractivity contribution is 7.20. The number of carbonyl (C=O) groups is 1. The van der Waals surface area contributed by atoms with Crippen LogP contribution in [0, 0.1) is 0 Å². The van der Waals surface area contributed by atoms with Crippen LogP contribution in [0.2, 0.25) is 0 Å². The molecule has 2 heterocycles. The van der Waals surface area contributed by atoms with Crippen LogP contribution in [0.4, 0.5) is 36.5 Å². The van der Waals surface area contributed by atoms with Crippen LogP contribution in [0.25, 0.3) is 11.4 Å². The van der Waals surface area contributed by atoms with Gasteiger partial charge in [0.2, 0.25) is 0 Å². The van der Waals surface area contributed by atoms with E-state index in [-0.39, 0.29) is 22.1 Å². The molecule has 0 atom stereocenters. The monoisotopic (exact) mass is 446 g/mol. The van der Waals surface area contributed by atoms with Crippen molar-refractivity contribution in [1.29, 1.82) is 0 Å². The lowest BCUT2D eigenvalue weighted by Crippen LogP contribution is -2.12. The lowest BCUT2D eigenvalue weighted by atomic mass is 10.1. The SMILES string of the molecule is CNc1sc(NC(=O)c2ccc(C(F)(F)F)cc2)nc1-c1ccc(C(F)(F)F)cn1. The van der Waals surface area contributed by atoms with Crippen LogP contribution in [0.15, 0.2) is 42.6 Å². The Kier molecular flexibility index (Phi) is 5.70. The van der Waals surface area contributed by atoms with Crippen molar-refractivity contribution >= 4 is 27.4 Å². The van der Waals surface area contributed by atoms with Crippen molar-refractivity contribution in [2.24, 2.45) is 0 Å². The van der Waals surface area contributed by atoms with E-state index < -0.39 is 29.4 Å². The number of alkyl halides is 6. The van der Waals surface area contributed by atoms with Gasteiger partial charge in [-0.1, -0.05) is 11.3 Å². The summed E-state index contributed by atoms with van der Waals surface area (Å²) in [6.45, 7) is 0. The molecule has 3 rings (SSSR count). The fourth-order valence-corrected chi connectivity index (χ4v) is 3.22. The number of hydrogen-bond acceptors (Lipinski definition) is 5. The molecule has 0 saturated carbocycles. The fourth-order valence-electron chi connectivity index (χ4n) is 2.40. The number of pyridine rings is 1. The van der Waals surface area contributed by atoms with Crippen LogP contribution < -0.4 is 10.6 Å². The lowest BCUT2D eigenvalue weighted by Gasteiger charge is -2.07. The smallest absolute Gasteiger partial charge is 0.378 e. The maximum Gasteiger partial charge on any atom is 0.417 e. The molecule has 0 bridgehead atoms. The zero-order valence-corrected chi connectivity index (χ0v) is 15.8. The third-order valence-corrected chi connectivity index (χ3v) is 4.87. The Morgan fingerprint density at radius 1 is 0.933 bits per heavy atom. The third-order valence-electron chi connectivity index (χ3n) is 3.88. The molecule has 12 heteroatoms. The summed E-state index contributed by atoms with van der Waals surface area (Å²) >= 11 is 0.998. The van der Waals surface area contributed by atoms with Gasteiger partial charge < -0.3 is 5.32 Å². The minimum atomic E-state index is -4.53. The van der Waals surface area contributed by atoms with E-state index in [0.29, 0.717) is 11.2 Å². The van der Waals surface area contributed by atoms with Crippen molar-refractivity contribution in [1.82, 2.24) is 9.97 Å². The fraction of sp³-hybridized carbons (Fsp3) is 0.167. The van der Waals surface area contributed by atoms with Crippen molar-refractivity contribution in [2.45, 2.75) is 12.4 Å². The van der Waals surface area contributed by atoms with Crippen molar-refractivity contribution in [3.63, 3.8) is 0 Å². The van der Waals surface area contributed by atoms with E-state index in [2.05, 4.69) is 20.6 Å². The Morgan fingerprint density at radius 3 is 2.03 bits per heavy atom. The Labute approximate surface area is 169 Å². The molecule has 5 nitrogen and oxygen atoms in total. The summed E-state index contributed by atoms with van der Waals surface area (Å²) in [7, 11) is 1.56. The molecule has 0 fully saturated rings.